The van der Waals surface area contributed by atoms with Crippen LogP contribution < -0.4 is 5.73 Å². The van der Waals surface area contributed by atoms with Crippen molar-refractivity contribution in [2.75, 3.05) is 12.8 Å². The molecule has 0 aliphatic carbocycles. The third-order valence-electron chi connectivity index (χ3n) is 3.51. The molecule has 108 valence electrons. The molecule has 0 saturated carbocycles. The molecule has 0 fully saturated rings. The number of amides is 1. The van der Waals surface area contributed by atoms with E-state index in [1.54, 1.807) is 35.0 Å². The molecule has 3 N–H and O–H groups in total. The molecule has 0 aliphatic rings. The van der Waals surface area contributed by atoms with Gasteiger partial charge in [0, 0.05) is 34.7 Å². The minimum Gasteiger partial charge on any atom is -0.399 e. The Hall–Kier alpha value is -2.34. The average Bonchev–Trinajstić information content (AvgIpc) is 3.04. The van der Waals surface area contributed by atoms with Crippen molar-refractivity contribution in [2.45, 2.75) is 13.5 Å². The topological polar surface area (TPSA) is 75.0 Å². The Morgan fingerprint density at radius 3 is 3.00 bits per heavy atom. The number of nitrogens with zero attached hydrogens (tertiary/aromatic N) is 2. The Balaban J connectivity index is 1.89. The first kappa shape index (κ1) is 13.6. The van der Waals surface area contributed by atoms with Gasteiger partial charge in [0.25, 0.3) is 5.91 Å². The summed E-state index contributed by atoms with van der Waals surface area (Å²) in [6, 6.07) is 5.52. The first-order valence-corrected chi connectivity index (χ1v) is 7.45. The van der Waals surface area contributed by atoms with Crippen molar-refractivity contribution in [2.24, 2.45) is 0 Å². The van der Waals surface area contributed by atoms with Gasteiger partial charge in [0.05, 0.1) is 23.3 Å². The van der Waals surface area contributed by atoms with Crippen LogP contribution >= 0.6 is 11.3 Å². The fourth-order valence-corrected chi connectivity index (χ4v) is 3.12. The van der Waals surface area contributed by atoms with Gasteiger partial charge in [0.1, 0.15) is 0 Å². The van der Waals surface area contributed by atoms with Gasteiger partial charge < -0.3 is 15.6 Å². The standard InChI is InChI=1S/C15H16N4OS/c1-9-14(21-8-18-9)7-19(2)15(20)12-6-17-13-4-3-10(16)5-11(12)13/h3-6,8,17H,7,16H2,1-2H3. The van der Waals surface area contributed by atoms with Crippen LogP contribution in [0.15, 0.2) is 29.9 Å². The third-order valence-corrected chi connectivity index (χ3v) is 4.43. The van der Waals surface area contributed by atoms with Crippen LogP contribution in [0, 0.1) is 6.92 Å². The molecule has 0 radical (unpaired) electrons. The molecular formula is C15H16N4OS. The minimum absolute atomic E-state index is 0.0281. The zero-order chi connectivity index (χ0) is 15.0. The molecule has 3 aromatic rings. The van der Waals surface area contributed by atoms with Crippen LogP contribution in [0.25, 0.3) is 10.9 Å². The zero-order valence-electron chi connectivity index (χ0n) is 11.9. The number of rotatable bonds is 3. The molecule has 0 atom stereocenters. The second-order valence-corrected chi connectivity index (χ2v) is 5.97. The van der Waals surface area contributed by atoms with Crippen molar-refractivity contribution >= 4 is 33.8 Å². The second-order valence-electron chi connectivity index (χ2n) is 5.03. The number of anilines is 1. The lowest BCUT2D eigenvalue weighted by molar-refractivity contribution is 0.0788. The minimum atomic E-state index is -0.0281. The summed E-state index contributed by atoms with van der Waals surface area (Å²) in [5, 5.41) is 0.855. The number of nitrogen functional groups attached to an aromatic ring is 1. The fourth-order valence-electron chi connectivity index (χ4n) is 2.29. The summed E-state index contributed by atoms with van der Waals surface area (Å²) in [5.74, 6) is -0.0281. The van der Waals surface area contributed by atoms with E-state index in [2.05, 4.69) is 9.97 Å². The molecule has 0 unspecified atom stereocenters. The van der Waals surface area contributed by atoms with Gasteiger partial charge in [0.15, 0.2) is 0 Å². The Labute approximate surface area is 126 Å². The van der Waals surface area contributed by atoms with Gasteiger partial charge >= 0.3 is 0 Å². The molecule has 2 heterocycles. The Morgan fingerprint density at radius 1 is 1.48 bits per heavy atom. The highest BCUT2D eigenvalue weighted by Gasteiger charge is 2.17. The Kier molecular flexibility index (Phi) is 3.39. The van der Waals surface area contributed by atoms with Gasteiger partial charge in [-0.05, 0) is 25.1 Å². The predicted molar refractivity (Wildman–Crippen MR) is 85.4 cm³/mol. The number of nitrogens with one attached hydrogen (secondary N) is 1. The summed E-state index contributed by atoms with van der Waals surface area (Å²) in [6.45, 7) is 2.51. The summed E-state index contributed by atoms with van der Waals surface area (Å²) < 4.78 is 0. The summed E-state index contributed by atoms with van der Waals surface area (Å²) in [7, 11) is 1.80. The molecule has 1 aromatic carbocycles. The van der Waals surface area contributed by atoms with Gasteiger partial charge in [-0.3, -0.25) is 4.79 Å². The highest BCUT2D eigenvalue weighted by atomic mass is 32.1. The van der Waals surface area contributed by atoms with Gasteiger partial charge in [-0.15, -0.1) is 11.3 Å². The molecule has 0 aliphatic heterocycles. The number of aromatic nitrogens is 2. The maximum absolute atomic E-state index is 12.6. The summed E-state index contributed by atoms with van der Waals surface area (Å²) in [5.41, 5.74) is 10.8. The third kappa shape index (κ3) is 2.50. The molecule has 1 amide bonds. The number of aromatic amines is 1. The number of aryl methyl sites for hydroxylation is 1. The van der Waals surface area contributed by atoms with E-state index in [0.717, 1.165) is 21.5 Å². The van der Waals surface area contributed by atoms with Gasteiger partial charge in [-0.1, -0.05) is 0 Å². The normalized spacial score (nSPS) is 11.0. The first-order valence-electron chi connectivity index (χ1n) is 6.57. The van der Waals surface area contributed by atoms with Crippen molar-refractivity contribution in [1.29, 1.82) is 0 Å². The summed E-state index contributed by atoms with van der Waals surface area (Å²) in [6.07, 6.45) is 1.74. The maximum Gasteiger partial charge on any atom is 0.256 e. The fraction of sp³-hybridized carbons (Fsp3) is 0.200. The molecule has 3 rings (SSSR count). The Bertz CT molecular complexity index is 805. The molecule has 0 bridgehead atoms. The van der Waals surface area contributed by atoms with Crippen molar-refractivity contribution in [1.82, 2.24) is 14.9 Å². The molecule has 21 heavy (non-hydrogen) atoms. The van der Waals surface area contributed by atoms with Crippen LogP contribution in [0.4, 0.5) is 5.69 Å². The molecule has 6 heteroatoms. The van der Waals surface area contributed by atoms with E-state index in [-0.39, 0.29) is 5.91 Å². The number of carbonyl (C=O) groups excluding carboxylic acids is 1. The number of hydrogen-bond donors (Lipinski definition) is 2. The lowest BCUT2D eigenvalue weighted by Gasteiger charge is -2.16. The first-order chi connectivity index (χ1) is 10.1. The monoisotopic (exact) mass is 300 g/mol. The molecule has 5 nitrogen and oxygen atoms in total. The van der Waals surface area contributed by atoms with Crippen molar-refractivity contribution < 1.29 is 4.79 Å². The van der Waals surface area contributed by atoms with Gasteiger partial charge in [-0.25, -0.2) is 4.98 Å². The van der Waals surface area contributed by atoms with E-state index in [4.69, 9.17) is 5.73 Å². The van der Waals surface area contributed by atoms with Crippen LogP contribution in [-0.2, 0) is 6.54 Å². The van der Waals surface area contributed by atoms with Crippen LogP contribution in [0.5, 0.6) is 0 Å². The van der Waals surface area contributed by atoms with E-state index < -0.39 is 0 Å². The van der Waals surface area contributed by atoms with Crippen LogP contribution in [0.1, 0.15) is 20.9 Å². The summed E-state index contributed by atoms with van der Waals surface area (Å²) >= 11 is 1.57. The maximum atomic E-state index is 12.6. The van der Waals surface area contributed by atoms with Crippen molar-refractivity contribution in [3.05, 3.63) is 46.0 Å². The number of carbonyl (C=O) groups is 1. The Morgan fingerprint density at radius 2 is 2.29 bits per heavy atom. The smallest absolute Gasteiger partial charge is 0.256 e. The zero-order valence-corrected chi connectivity index (χ0v) is 12.7. The highest BCUT2D eigenvalue weighted by molar-refractivity contribution is 7.09. The van der Waals surface area contributed by atoms with Crippen LogP contribution in [0.3, 0.4) is 0 Å². The average molecular weight is 300 g/mol. The lowest BCUT2D eigenvalue weighted by atomic mass is 10.1. The number of H-pyrrole nitrogens is 1. The van der Waals surface area contributed by atoms with E-state index in [1.165, 1.54) is 0 Å². The number of fused-ring (bicyclic) bond motifs is 1. The van der Waals surface area contributed by atoms with E-state index in [0.29, 0.717) is 17.8 Å². The molecular weight excluding hydrogens is 284 g/mol. The molecule has 0 saturated heterocycles. The SMILES string of the molecule is Cc1ncsc1CN(C)C(=O)c1c[nH]c2ccc(N)cc12. The van der Waals surface area contributed by atoms with Gasteiger partial charge in [0.2, 0.25) is 0 Å². The predicted octanol–water partition coefficient (Wildman–Crippen LogP) is 2.79. The quantitative estimate of drug-likeness (QED) is 0.730. The number of nitrogens with two attached hydrogens (primary N) is 1. The van der Waals surface area contributed by atoms with Crippen LogP contribution in [-0.4, -0.2) is 27.8 Å². The van der Waals surface area contributed by atoms with Crippen molar-refractivity contribution in [3.63, 3.8) is 0 Å². The number of hydrogen-bond acceptors (Lipinski definition) is 4. The van der Waals surface area contributed by atoms with Gasteiger partial charge in [-0.2, -0.15) is 0 Å². The van der Waals surface area contributed by atoms with E-state index in [1.807, 2.05) is 25.1 Å². The second kappa shape index (κ2) is 5.21. The number of thiazole rings is 1. The highest BCUT2D eigenvalue weighted by Crippen LogP contribution is 2.23. The van der Waals surface area contributed by atoms with Crippen LogP contribution in [0.2, 0.25) is 0 Å². The number of benzene rings is 1. The van der Waals surface area contributed by atoms with E-state index in [9.17, 15) is 4.79 Å². The lowest BCUT2D eigenvalue weighted by Crippen LogP contribution is -2.25. The molecule has 2 aromatic heterocycles. The largest absolute Gasteiger partial charge is 0.399 e. The van der Waals surface area contributed by atoms with E-state index >= 15 is 0 Å². The summed E-state index contributed by atoms with van der Waals surface area (Å²) in [4.78, 5) is 22.7. The molecule has 0 spiro atoms. The van der Waals surface area contributed by atoms with Crippen molar-refractivity contribution in [3.8, 4) is 0 Å².